The largest absolute Gasteiger partial charge is 0.363 e. The molecule has 2 rings (SSSR count). The second-order valence-corrected chi connectivity index (χ2v) is 6.25. The number of hydrogen-bond donors (Lipinski definition) is 1. The van der Waals surface area contributed by atoms with Gasteiger partial charge in [-0.1, -0.05) is 32.9 Å². The highest BCUT2D eigenvalue weighted by atomic mass is 15.1. The van der Waals surface area contributed by atoms with Crippen molar-refractivity contribution in [3.63, 3.8) is 0 Å². The third-order valence-corrected chi connectivity index (χ3v) is 3.25. The van der Waals surface area contributed by atoms with Crippen molar-refractivity contribution < 1.29 is 0 Å². The Morgan fingerprint density at radius 1 is 0.900 bits per heavy atom. The first-order chi connectivity index (χ1) is 9.36. The van der Waals surface area contributed by atoms with E-state index in [-0.39, 0.29) is 5.41 Å². The minimum atomic E-state index is 0.188. The maximum absolute atomic E-state index is 4.39. The average molecular weight is 269 g/mol. The lowest BCUT2D eigenvalue weighted by molar-refractivity contribution is 0.590. The molecule has 0 aliphatic heterocycles. The molecule has 0 fully saturated rings. The molecule has 1 aromatic carbocycles. The van der Waals surface area contributed by atoms with E-state index in [0.29, 0.717) is 0 Å². The van der Waals surface area contributed by atoms with Crippen molar-refractivity contribution in [1.82, 2.24) is 4.98 Å². The number of benzene rings is 1. The number of rotatable bonds is 3. The molecule has 0 saturated carbocycles. The zero-order chi connectivity index (χ0) is 14.8. The van der Waals surface area contributed by atoms with E-state index in [2.05, 4.69) is 55.3 Å². The number of nitrogens with zero attached hydrogens (tertiary/aromatic N) is 2. The number of nitrogens with one attached hydrogen (secondary N) is 1. The average Bonchev–Trinajstić information content (AvgIpc) is 2.39. The van der Waals surface area contributed by atoms with E-state index in [0.717, 1.165) is 17.2 Å². The lowest BCUT2D eigenvalue weighted by atomic mass is 9.87. The van der Waals surface area contributed by atoms with E-state index >= 15 is 0 Å². The van der Waals surface area contributed by atoms with Gasteiger partial charge >= 0.3 is 0 Å². The Kier molecular flexibility index (Phi) is 3.98. The molecular formula is C17H23N3. The molecule has 3 nitrogen and oxygen atoms in total. The molecule has 0 aliphatic carbocycles. The molecule has 0 amide bonds. The van der Waals surface area contributed by atoms with Crippen molar-refractivity contribution in [3.8, 4) is 0 Å². The molecule has 1 heterocycles. The van der Waals surface area contributed by atoms with Crippen LogP contribution >= 0.6 is 0 Å². The first-order valence-corrected chi connectivity index (χ1v) is 6.87. The summed E-state index contributed by atoms with van der Waals surface area (Å²) in [5.41, 5.74) is 3.61. The Morgan fingerprint density at radius 2 is 1.50 bits per heavy atom. The summed E-state index contributed by atoms with van der Waals surface area (Å²) in [6.07, 6.45) is 1.85. The van der Waals surface area contributed by atoms with Crippen LogP contribution in [0.4, 0.5) is 17.2 Å². The monoisotopic (exact) mass is 269 g/mol. The Labute approximate surface area is 121 Å². The van der Waals surface area contributed by atoms with Gasteiger partial charge in [0.1, 0.15) is 5.82 Å². The topological polar surface area (TPSA) is 28.2 Å². The van der Waals surface area contributed by atoms with Gasteiger partial charge in [0.05, 0.1) is 11.9 Å². The Hall–Kier alpha value is -2.03. The molecule has 2 aromatic rings. The fourth-order valence-electron chi connectivity index (χ4n) is 1.94. The predicted molar refractivity (Wildman–Crippen MR) is 87.0 cm³/mol. The van der Waals surface area contributed by atoms with Crippen LogP contribution in [-0.4, -0.2) is 19.1 Å². The van der Waals surface area contributed by atoms with E-state index < -0.39 is 0 Å². The van der Waals surface area contributed by atoms with Crippen LogP contribution in [0.1, 0.15) is 26.3 Å². The molecule has 0 atom stereocenters. The first-order valence-electron chi connectivity index (χ1n) is 6.87. The molecule has 0 bridgehead atoms. The van der Waals surface area contributed by atoms with Crippen LogP contribution < -0.4 is 10.2 Å². The minimum Gasteiger partial charge on any atom is -0.363 e. The van der Waals surface area contributed by atoms with Crippen LogP contribution in [0, 0.1) is 0 Å². The molecule has 0 spiro atoms. The molecule has 20 heavy (non-hydrogen) atoms. The van der Waals surface area contributed by atoms with Gasteiger partial charge in [0.15, 0.2) is 0 Å². The highest BCUT2D eigenvalue weighted by Crippen LogP contribution is 2.25. The lowest BCUT2D eigenvalue weighted by Crippen LogP contribution is -2.11. The summed E-state index contributed by atoms with van der Waals surface area (Å²) >= 11 is 0. The van der Waals surface area contributed by atoms with Crippen LogP contribution in [0.5, 0.6) is 0 Å². The zero-order valence-corrected chi connectivity index (χ0v) is 12.9. The van der Waals surface area contributed by atoms with Crippen LogP contribution in [0.3, 0.4) is 0 Å². The molecule has 0 saturated heterocycles. The third-order valence-electron chi connectivity index (χ3n) is 3.25. The van der Waals surface area contributed by atoms with Gasteiger partial charge in [0, 0.05) is 19.8 Å². The zero-order valence-electron chi connectivity index (χ0n) is 12.9. The quantitative estimate of drug-likeness (QED) is 0.905. The van der Waals surface area contributed by atoms with Crippen LogP contribution in [0.2, 0.25) is 0 Å². The van der Waals surface area contributed by atoms with E-state index in [1.807, 2.05) is 37.3 Å². The second kappa shape index (κ2) is 5.53. The highest BCUT2D eigenvalue weighted by molar-refractivity contribution is 5.60. The molecular weight excluding hydrogens is 246 g/mol. The molecule has 106 valence electrons. The van der Waals surface area contributed by atoms with Crippen LogP contribution in [0.15, 0.2) is 42.6 Å². The highest BCUT2D eigenvalue weighted by Gasteiger charge is 2.12. The van der Waals surface area contributed by atoms with Gasteiger partial charge in [0.2, 0.25) is 0 Å². The fraction of sp³-hybridized carbons (Fsp3) is 0.353. The van der Waals surface area contributed by atoms with E-state index in [9.17, 15) is 0 Å². The first kappa shape index (κ1) is 14.4. The van der Waals surface area contributed by atoms with Crippen molar-refractivity contribution >= 4 is 17.2 Å². The van der Waals surface area contributed by atoms with Crippen molar-refractivity contribution in [2.24, 2.45) is 0 Å². The van der Waals surface area contributed by atoms with Gasteiger partial charge in [-0.15, -0.1) is 0 Å². The predicted octanol–water partition coefficient (Wildman–Crippen LogP) is 4.19. The van der Waals surface area contributed by atoms with Gasteiger partial charge in [-0.2, -0.15) is 0 Å². The summed E-state index contributed by atoms with van der Waals surface area (Å²) in [6, 6.07) is 12.6. The van der Waals surface area contributed by atoms with Gasteiger partial charge < -0.3 is 10.2 Å². The minimum absolute atomic E-state index is 0.188. The van der Waals surface area contributed by atoms with E-state index in [1.165, 1.54) is 5.56 Å². The summed E-state index contributed by atoms with van der Waals surface area (Å²) in [5, 5.41) is 3.37. The van der Waals surface area contributed by atoms with Crippen molar-refractivity contribution in [2.45, 2.75) is 26.2 Å². The van der Waals surface area contributed by atoms with Crippen LogP contribution in [0.25, 0.3) is 0 Å². The smallest absolute Gasteiger partial charge is 0.128 e. The fourth-order valence-corrected chi connectivity index (χ4v) is 1.94. The second-order valence-electron chi connectivity index (χ2n) is 6.25. The third kappa shape index (κ3) is 3.50. The Bertz CT molecular complexity index is 548. The summed E-state index contributed by atoms with van der Waals surface area (Å²) in [6.45, 7) is 6.66. The molecule has 1 N–H and O–H groups in total. The number of aromatic nitrogens is 1. The number of pyridine rings is 1. The molecule has 0 radical (unpaired) electrons. The maximum Gasteiger partial charge on any atom is 0.128 e. The molecule has 0 unspecified atom stereocenters. The van der Waals surface area contributed by atoms with E-state index in [1.54, 1.807) is 0 Å². The lowest BCUT2D eigenvalue weighted by Gasteiger charge is -2.19. The van der Waals surface area contributed by atoms with Crippen molar-refractivity contribution in [1.29, 1.82) is 0 Å². The molecule has 3 heteroatoms. The van der Waals surface area contributed by atoms with Crippen LogP contribution in [-0.2, 0) is 5.41 Å². The summed E-state index contributed by atoms with van der Waals surface area (Å²) in [7, 11) is 3.97. The Balaban J connectivity index is 2.10. The standard InChI is InChI=1S/C17H23N3/c1-17(2,3)13-6-8-14(9-7-13)19-15-10-11-16(18-12-15)20(4)5/h6-12,19H,1-5H3. The van der Waals surface area contributed by atoms with Gasteiger partial charge in [0.25, 0.3) is 0 Å². The van der Waals surface area contributed by atoms with Gasteiger partial charge in [-0.05, 0) is 35.2 Å². The van der Waals surface area contributed by atoms with Crippen molar-refractivity contribution in [2.75, 3.05) is 24.3 Å². The summed E-state index contributed by atoms with van der Waals surface area (Å²) < 4.78 is 0. The summed E-state index contributed by atoms with van der Waals surface area (Å²) in [5.74, 6) is 0.957. The number of hydrogen-bond acceptors (Lipinski definition) is 3. The van der Waals surface area contributed by atoms with Crippen molar-refractivity contribution in [3.05, 3.63) is 48.2 Å². The molecule has 1 aromatic heterocycles. The Morgan fingerprint density at radius 3 is 1.95 bits per heavy atom. The molecule has 0 aliphatic rings. The normalized spacial score (nSPS) is 11.2. The van der Waals surface area contributed by atoms with Gasteiger partial charge in [-0.3, -0.25) is 0 Å². The number of anilines is 3. The summed E-state index contributed by atoms with van der Waals surface area (Å²) in [4.78, 5) is 6.38. The van der Waals surface area contributed by atoms with Gasteiger partial charge in [-0.25, -0.2) is 4.98 Å². The SMILES string of the molecule is CN(C)c1ccc(Nc2ccc(C(C)(C)C)cc2)cn1. The maximum atomic E-state index is 4.39. The van der Waals surface area contributed by atoms with E-state index in [4.69, 9.17) is 0 Å².